The van der Waals surface area contributed by atoms with Gasteiger partial charge in [0.2, 0.25) is 5.95 Å². The van der Waals surface area contributed by atoms with Gasteiger partial charge >= 0.3 is 0 Å². The normalized spacial score (nSPS) is 14.7. The average molecular weight is 367 g/mol. The zero-order valence-electron chi connectivity index (χ0n) is 16.7. The summed E-state index contributed by atoms with van der Waals surface area (Å²) in [6, 6.07) is 9.73. The second-order valence-corrected chi connectivity index (χ2v) is 8.14. The first-order valence-electron chi connectivity index (χ1n) is 9.60. The van der Waals surface area contributed by atoms with Crippen LogP contribution in [0.5, 0.6) is 0 Å². The molecule has 1 aromatic heterocycles. The fourth-order valence-electron chi connectivity index (χ4n) is 3.18. The molecule has 6 nitrogen and oxygen atoms in total. The number of benzene rings is 1. The standard InChI is InChI=1S/C21H29N5O/c1-15-14-18(24-20(22-15)25-21(2,3)4)19(27)23-16-8-10-17(11-9-16)26-12-6-5-7-13-26/h8-11,14H,5-7,12-13H2,1-4H3,(H,23,27)(H,22,24,25). The molecule has 0 bridgehead atoms. The molecule has 1 amide bonds. The number of rotatable bonds is 4. The molecular weight excluding hydrogens is 338 g/mol. The number of amides is 1. The Morgan fingerprint density at radius 2 is 1.70 bits per heavy atom. The summed E-state index contributed by atoms with van der Waals surface area (Å²) in [6.07, 6.45) is 3.81. The van der Waals surface area contributed by atoms with Crippen molar-refractivity contribution in [3.63, 3.8) is 0 Å². The molecule has 0 spiro atoms. The van der Waals surface area contributed by atoms with E-state index in [4.69, 9.17) is 0 Å². The maximum atomic E-state index is 12.6. The van der Waals surface area contributed by atoms with Crippen molar-refractivity contribution in [2.75, 3.05) is 28.6 Å². The van der Waals surface area contributed by atoms with Crippen LogP contribution >= 0.6 is 0 Å². The van der Waals surface area contributed by atoms with E-state index in [2.05, 4.69) is 37.6 Å². The van der Waals surface area contributed by atoms with E-state index in [0.29, 0.717) is 11.6 Å². The van der Waals surface area contributed by atoms with Crippen molar-refractivity contribution in [3.05, 3.63) is 41.7 Å². The van der Waals surface area contributed by atoms with Crippen LogP contribution in [-0.2, 0) is 0 Å². The molecule has 0 unspecified atom stereocenters. The van der Waals surface area contributed by atoms with Crippen LogP contribution in [0.4, 0.5) is 17.3 Å². The van der Waals surface area contributed by atoms with Crippen LogP contribution in [0.25, 0.3) is 0 Å². The number of carbonyl (C=O) groups is 1. The highest BCUT2D eigenvalue weighted by Gasteiger charge is 2.16. The molecule has 144 valence electrons. The minimum absolute atomic E-state index is 0.175. The molecule has 2 N–H and O–H groups in total. The lowest BCUT2D eigenvalue weighted by Crippen LogP contribution is -2.29. The molecule has 2 aromatic rings. The summed E-state index contributed by atoms with van der Waals surface area (Å²) in [5.74, 6) is 0.233. The molecule has 1 fully saturated rings. The summed E-state index contributed by atoms with van der Waals surface area (Å²) in [5, 5.41) is 6.15. The van der Waals surface area contributed by atoms with Gasteiger partial charge in [0, 0.05) is 35.7 Å². The van der Waals surface area contributed by atoms with E-state index >= 15 is 0 Å². The Kier molecular flexibility index (Phi) is 5.63. The number of aryl methyl sites for hydroxylation is 1. The van der Waals surface area contributed by atoms with Crippen LogP contribution in [0.3, 0.4) is 0 Å². The van der Waals surface area contributed by atoms with Gasteiger partial charge in [0.15, 0.2) is 0 Å². The summed E-state index contributed by atoms with van der Waals surface area (Å²) in [4.78, 5) is 23.8. The molecule has 1 aliphatic rings. The Balaban J connectivity index is 1.69. The lowest BCUT2D eigenvalue weighted by Gasteiger charge is -2.28. The van der Waals surface area contributed by atoms with Crippen molar-refractivity contribution in [1.29, 1.82) is 0 Å². The largest absolute Gasteiger partial charge is 0.372 e. The van der Waals surface area contributed by atoms with E-state index in [0.717, 1.165) is 24.5 Å². The van der Waals surface area contributed by atoms with E-state index in [1.54, 1.807) is 6.07 Å². The van der Waals surface area contributed by atoms with Gasteiger partial charge in [-0.1, -0.05) is 0 Å². The van der Waals surface area contributed by atoms with Gasteiger partial charge in [-0.15, -0.1) is 0 Å². The van der Waals surface area contributed by atoms with Crippen molar-refractivity contribution >= 4 is 23.2 Å². The maximum absolute atomic E-state index is 12.6. The molecule has 0 saturated carbocycles. The van der Waals surface area contributed by atoms with Crippen molar-refractivity contribution in [2.24, 2.45) is 0 Å². The number of carbonyl (C=O) groups excluding carboxylic acids is 1. The first-order chi connectivity index (χ1) is 12.8. The lowest BCUT2D eigenvalue weighted by atomic mass is 10.1. The number of nitrogens with one attached hydrogen (secondary N) is 2. The molecule has 1 saturated heterocycles. The quantitative estimate of drug-likeness (QED) is 0.846. The van der Waals surface area contributed by atoms with Crippen molar-refractivity contribution in [3.8, 4) is 0 Å². The smallest absolute Gasteiger partial charge is 0.274 e. The Morgan fingerprint density at radius 3 is 2.33 bits per heavy atom. The SMILES string of the molecule is Cc1cc(C(=O)Nc2ccc(N3CCCCC3)cc2)nc(NC(C)(C)C)n1. The van der Waals surface area contributed by atoms with Crippen LogP contribution in [0.2, 0.25) is 0 Å². The topological polar surface area (TPSA) is 70.2 Å². The fraction of sp³-hybridized carbons (Fsp3) is 0.476. The number of anilines is 3. The molecule has 3 rings (SSSR count). The van der Waals surface area contributed by atoms with Crippen LogP contribution in [0, 0.1) is 6.92 Å². The van der Waals surface area contributed by atoms with E-state index in [-0.39, 0.29) is 11.4 Å². The summed E-state index contributed by atoms with van der Waals surface area (Å²) in [5.41, 5.74) is 2.91. The third kappa shape index (κ3) is 5.42. The summed E-state index contributed by atoms with van der Waals surface area (Å²) in [7, 11) is 0. The number of hydrogen-bond donors (Lipinski definition) is 2. The van der Waals surface area contributed by atoms with E-state index in [1.807, 2.05) is 39.8 Å². The minimum atomic E-state index is -0.233. The molecule has 1 aromatic carbocycles. The third-order valence-corrected chi connectivity index (χ3v) is 4.42. The zero-order chi connectivity index (χ0) is 19.4. The highest BCUT2D eigenvalue weighted by Crippen LogP contribution is 2.22. The molecular formula is C21H29N5O. The molecule has 2 heterocycles. The predicted molar refractivity (Wildman–Crippen MR) is 111 cm³/mol. The third-order valence-electron chi connectivity index (χ3n) is 4.42. The van der Waals surface area contributed by atoms with Crippen molar-refractivity contribution < 1.29 is 4.79 Å². The predicted octanol–water partition coefficient (Wildman–Crippen LogP) is 4.24. The highest BCUT2D eigenvalue weighted by atomic mass is 16.1. The van der Waals surface area contributed by atoms with Crippen molar-refractivity contribution in [1.82, 2.24) is 9.97 Å². The van der Waals surface area contributed by atoms with Gasteiger partial charge in [-0.3, -0.25) is 4.79 Å². The molecule has 27 heavy (non-hydrogen) atoms. The molecule has 1 aliphatic heterocycles. The van der Waals surface area contributed by atoms with Gasteiger partial charge in [0.05, 0.1) is 0 Å². The van der Waals surface area contributed by atoms with Gasteiger partial charge in [-0.05, 0) is 77.3 Å². The monoisotopic (exact) mass is 367 g/mol. The zero-order valence-corrected chi connectivity index (χ0v) is 16.7. The molecule has 0 radical (unpaired) electrons. The summed E-state index contributed by atoms with van der Waals surface area (Å²) >= 11 is 0. The van der Waals surface area contributed by atoms with Gasteiger partial charge < -0.3 is 15.5 Å². The van der Waals surface area contributed by atoms with E-state index in [1.165, 1.54) is 24.9 Å². The number of aromatic nitrogens is 2. The van der Waals surface area contributed by atoms with Crippen molar-refractivity contribution in [2.45, 2.75) is 52.5 Å². The maximum Gasteiger partial charge on any atom is 0.274 e. The fourth-order valence-corrected chi connectivity index (χ4v) is 3.18. The number of piperidine rings is 1. The van der Waals surface area contributed by atoms with Gasteiger partial charge in [-0.2, -0.15) is 0 Å². The van der Waals surface area contributed by atoms with Gasteiger partial charge in [0.1, 0.15) is 5.69 Å². The highest BCUT2D eigenvalue weighted by molar-refractivity contribution is 6.03. The minimum Gasteiger partial charge on any atom is -0.372 e. The van der Waals surface area contributed by atoms with Gasteiger partial charge in [0.25, 0.3) is 5.91 Å². The Labute approximate surface area is 161 Å². The number of hydrogen-bond acceptors (Lipinski definition) is 5. The second-order valence-electron chi connectivity index (χ2n) is 8.14. The van der Waals surface area contributed by atoms with Crippen LogP contribution in [0.1, 0.15) is 56.2 Å². The Bertz CT molecular complexity index is 789. The molecule has 0 aliphatic carbocycles. The Morgan fingerprint density at radius 1 is 1.04 bits per heavy atom. The lowest BCUT2D eigenvalue weighted by molar-refractivity contribution is 0.102. The van der Waals surface area contributed by atoms with E-state index in [9.17, 15) is 4.79 Å². The first-order valence-corrected chi connectivity index (χ1v) is 9.60. The number of nitrogens with zero attached hydrogens (tertiary/aromatic N) is 3. The summed E-state index contributed by atoms with van der Waals surface area (Å²) in [6.45, 7) is 10.2. The van der Waals surface area contributed by atoms with Crippen LogP contribution in [-0.4, -0.2) is 34.5 Å². The van der Waals surface area contributed by atoms with Crippen LogP contribution in [0.15, 0.2) is 30.3 Å². The molecule has 0 atom stereocenters. The van der Waals surface area contributed by atoms with Crippen LogP contribution < -0.4 is 15.5 Å². The average Bonchev–Trinajstić information content (AvgIpc) is 2.61. The van der Waals surface area contributed by atoms with Gasteiger partial charge in [-0.25, -0.2) is 9.97 Å². The molecule has 6 heteroatoms. The first kappa shape index (κ1) is 19.1. The van der Waals surface area contributed by atoms with E-state index < -0.39 is 0 Å². The second kappa shape index (κ2) is 7.94. The summed E-state index contributed by atoms with van der Waals surface area (Å²) < 4.78 is 0. The Hall–Kier alpha value is -2.63.